The van der Waals surface area contributed by atoms with E-state index < -0.39 is 0 Å². The monoisotopic (exact) mass is 211 g/mol. The lowest BCUT2D eigenvalue weighted by molar-refractivity contribution is 0.689. The zero-order valence-electron chi connectivity index (χ0n) is 8.89. The maximum absolute atomic E-state index is 5.66. The predicted molar refractivity (Wildman–Crippen MR) is 64.2 cm³/mol. The van der Waals surface area contributed by atoms with Gasteiger partial charge in [-0.2, -0.15) is 0 Å². The van der Waals surface area contributed by atoms with Gasteiger partial charge in [-0.1, -0.05) is 26.0 Å². The largest absolute Gasteiger partial charge is 0.385 e. The number of alkyl halides is 1. The van der Waals surface area contributed by atoms with E-state index >= 15 is 0 Å². The molecule has 1 rings (SSSR count). The van der Waals surface area contributed by atoms with Gasteiger partial charge in [0, 0.05) is 18.1 Å². The Kier molecular flexibility index (Phi) is 4.81. The molecular weight excluding hydrogens is 194 g/mol. The Hall–Kier alpha value is -0.690. The summed E-state index contributed by atoms with van der Waals surface area (Å²) in [7, 11) is 0. The molecule has 0 aliphatic carbocycles. The summed E-state index contributed by atoms with van der Waals surface area (Å²) in [6.45, 7) is 5.43. The van der Waals surface area contributed by atoms with Crippen molar-refractivity contribution >= 4 is 17.3 Å². The molecule has 1 N–H and O–H groups in total. The topological polar surface area (TPSA) is 12.0 Å². The molecule has 0 atom stereocenters. The summed E-state index contributed by atoms with van der Waals surface area (Å²) in [5.74, 6) is 1.37. The molecule has 0 aliphatic rings. The van der Waals surface area contributed by atoms with E-state index in [9.17, 15) is 0 Å². The second kappa shape index (κ2) is 5.92. The van der Waals surface area contributed by atoms with Gasteiger partial charge in [-0.25, -0.2) is 0 Å². The van der Waals surface area contributed by atoms with Gasteiger partial charge >= 0.3 is 0 Å². The molecule has 0 heterocycles. The van der Waals surface area contributed by atoms with Crippen LogP contribution in [-0.4, -0.2) is 12.4 Å². The van der Waals surface area contributed by atoms with Crippen LogP contribution in [0.3, 0.4) is 0 Å². The number of nitrogens with one attached hydrogen (secondary N) is 1. The van der Waals surface area contributed by atoms with Crippen molar-refractivity contribution in [3.05, 3.63) is 29.8 Å². The first-order valence-corrected chi connectivity index (χ1v) is 5.64. The third kappa shape index (κ3) is 4.01. The van der Waals surface area contributed by atoms with Gasteiger partial charge in [0.2, 0.25) is 0 Å². The lowest BCUT2D eigenvalue weighted by atomic mass is 10.1. The summed E-state index contributed by atoms with van der Waals surface area (Å²) in [6, 6.07) is 8.49. The molecular formula is C12H18ClN. The molecule has 0 aromatic heterocycles. The number of hydrogen-bond acceptors (Lipinski definition) is 1. The third-order valence-corrected chi connectivity index (χ3v) is 2.24. The van der Waals surface area contributed by atoms with E-state index in [1.807, 2.05) is 0 Å². The summed E-state index contributed by atoms with van der Waals surface area (Å²) in [5.41, 5.74) is 2.49. The predicted octanol–water partition coefficient (Wildman–Crippen LogP) is 3.54. The molecule has 1 aromatic carbocycles. The van der Waals surface area contributed by atoms with Crippen LogP contribution in [-0.2, 0) is 6.42 Å². The van der Waals surface area contributed by atoms with Crippen LogP contribution in [0, 0.1) is 5.92 Å². The van der Waals surface area contributed by atoms with Crippen LogP contribution in [0.25, 0.3) is 0 Å². The summed E-state index contributed by atoms with van der Waals surface area (Å²) in [5, 5.41) is 3.38. The van der Waals surface area contributed by atoms with Gasteiger partial charge in [0.15, 0.2) is 0 Å². The van der Waals surface area contributed by atoms with Crippen molar-refractivity contribution in [1.82, 2.24) is 0 Å². The zero-order valence-corrected chi connectivity index (χ0v) is 9.64. The van der Waals surface area contributed by atoms with E-state index in [1.54, 1.807) is 0 Å². The molecule has 0 radical (unpaired) electrons. The van der Waals surface area contributed by atoms with E-state index in [1.165, 1.54) is 11.3 Å². The SMILES string of the molecule is CC(C)CNc1ccc(CCCl)cc1. The van der Waals surface area contributed by atoms with E-state index in [-0.39, 0.29) is 0 Å². The fourth-order valence-electron chi connectivity index (χ4n) is 1.22. The van der Waals surface area contributed by atoms with Crippen molar-refractivity contribution in [2.75, 3.05) is 17.7 Å². The van der Waals surface area contributed by atoms with Gasteiger partial charge < -0.3 is 5.32 Å². The van der Waals surface area contributed by atoms with Crippen molar-refractivity contribution in [3.63, 3.8) is 0 Å². The minimum atomic E-state index is 0.678. The fourth-order valence-corrected chi connectivity index (χ4v) is 1.44. The quantitative estimate of drug-likeness (QED) is 0.735. The lowest BCUT2D eigenvalue weighted by Crippen LogP contribution is -2.07. The van der Waals surface area contributed by atoms with Crippen LogP contribution < -0.4 is 5.32 Å². The average molecular weight is 212 g/mol. The highest BCUT2D eigenvalue weighted by Crippen LogP contribution is 2.10. The van der Waals surface area contributed by atoms with Gasteiger partial charge in [-0.15, -0.1) is 11.6 Å². The van der Waals surface area contributed by atoms with Crippen LogP contribution in [0.1, 0.15) is 19.4 Å². The Labute approximate surface area is 91.5 Å². The number of benzene rings is 1. The minimum Gasteiger partial charge on any atom is -0.385 e. The highest BCUT2D eigenvalue weighted by molar-refractivity contribution is 6.17. The van der Waals surface area contributed by atoms with E-state index in [0.29, 0.717) is 11.8 Å². The van der Waals surface area contributed by atoms with E-state index in [0.717, 1.165) is 13.0 Å². The van der Waals surface area contributed by atoms with E-state index in [2.05, 4.69) is 43.4 Å². The normalized spacial score (nSPS) is 10.6. The molecule has 0 bridgehead atoms. The van der Waals surface area contributed by atoms with Crippen molar-refractivity contribution < 1.29 is 0 Å². The van der Waals surface area contributed by atoms with Crippen molar-refractivity contribution in [3.8, 4) is 0 Å². The van der Waals surface area contributed by atoms with Crippen molar-refractivity contribution in [1.29, 1.82) is 0 Å². The Balaban J connectivity index is 2.46. The number of halogens is 1. The summed E-state index contributed by atoms with van der Waals surface area (Å²) < 4.78 is 0. The van der Waals surface area contributed by atoms with Crippen LogP contribution in [0.15, 0.2) is 24.3 Å². The molecule has 0 spiro atoms. The maximum Gasteiger partial charge on any atom is 0.0340 e. The summed E-state index contributed by atoms with van der Waals surface area (Å²) in [6.07, 6.45) is 0.950. The lowest BCUT2D eigenvalue weighted by Gasteiger charge is -2.09. The maximum atomic E-state index is 5.66. The second-order valence-electron chi connectivity index (χ2n) is 3.91. The Bertz CT molecular complexity index is 254. The molecule has 0 fully saturated rings. The fraction of sp³-hybridized carbons (Fsp3) is 0.500. The van der Waals surface area contributed by atoms with Gasteiger partial charge in [0.05, 0.1) is 0 Å². The van der Waals surface area contributed by atoms with Crippen LogP contribution >= 0.6 is 11.6 Å². The van der Waals surface area contributed by atoms with Gasteiger partial charge in [-0.05, 0) is 30.0 Å². The number of rotatable bonds is 5. The molecule has 78 valence electrons. The van der Waals surface area contributed by atoms with Gasteiger partial charge in [0.25, 0.3) is 0 Å². The molecule has 0 aliphatic heterocycles. The standard InChI is InChI=1S/C12H18ClN/c1-10(2)9-14-12-5-3-11(4-6-12)7-8-13/h3-6,10,14H,7-9H2,1-2H3. The van der Waals surface area contributed by atoms with Crippen molar-refractivity contribution in [2.45, 2.75) is 20.3 Å². The van der Waals surface area contributed by atoms with Gasteiger partial charge in [-0.3, -0.25) is 0 Å². The van der Waals surface area contributed by atoms with E-state index in [4.69, 9.17) is 11.6 Å². The number of anilines is 1. The summed E-state index contributed by atoms with van der Waals surface area (Å²) in [4.78, 5) is 0. The zero-order chi connectivity index (χ0) is 10.4. The Morgan fingerprint density at radius 1 is 1.21 bits per heavy atom. The van der Waals surface area contributed by atoms with Crippen LogP contribution in [0.5, 0.6) is 0 Å². The van der Waals surface area contributed by atoms with Crippen LogP contribution in [0.2, 0.25) is 0 Å². The molecule has 0 saturated carbocycles. The molecule has 0 saturated heterocycles. The molecule has 2 heteroatoms. The smallest absolute Gasteiger partial charge is 0.0340 e. The minimum absolute atomic E-state index is 0.678. The molecule has 14 heavy (non-hydrogen) atoms. The Morgan fingerprint density at radius 3 is 2.36 bits per heavy atom. The average Bonchev–Trinajstić information content (AvgIpc) is 2.17. The number of hydrogen-bond donors (Lipinski definition) is 1. The molecule has 0 amide bonds. The highest BCUT2D eigenvalue weighted by atomic mass is 35.5. The molecule has 1 aromatic rings. The van der Waals surface area contributed by atoms with Crippen molar-refractivity contribution in [2.24, 2.45) is 5.92 Å². The van der Waals surface area contributed by atoms with Gasteiger partial charge in [0.1, 0.15) is 0 Å². The third-order valence-electron chi connectivity index (χ3n) is 2.05. The second-order valence-corrected chi connectivity index (χ2v) is 4.29. The first-order valence-electron chi connectivity index (χ1n) is 5.11. The highest BCUT2D eigenvalue weighted by Gasteiger charge is 1.95. The molecule has 1 nitrogen and oxygen atoms in total. The molecule has 0 unspecified atom stereocenters. The number of aryl methyl sites for hydroxylation is 1. The first-order chi connectivity index (χ1) is 6.72. The summed E-state index contributed by atoms with van der Waals surface area (Å²) >= 11 is 5.66. The first kappa shape index (κ1) is 11.4. The van der Waals surface area contributed by atoms with Crippen LogP contribution in [0.4, 0.5) is 5.69 Å². The Morgan fingerprint density at radius 2 is 1.86 bits per heavy atom.